The minimum atomic E-state index is -0.558. The molecule has 2 nitrogen and oxygen atoms in total. The van der Waals surface area contributed by atoms with Crippen LogP contribution in [0.4, 0.5) is 28.4 Å². The third kappa shape index (κ3) is 7.64. The molecule has 356 valence electrons. The van der Waals surface area contributed by atoms with E-state index in [4.69, 9.17) is 0 Å². The van der Waals surface area contributed by atoms with Crippen LogP contribution in [0, 0.1) is 0 Å². The van der Waals surface area contributed by atoms with Crippen molar-refractivity contribution in [1.82, 2.24) is 0 Å². The van der Waals surface area contributed by atoms with Crippen molar-refractivity contribution in [1.29, 1.82) is 0 Å². The van der Waals surface area contributed by atoms with E-state index >= 15 is 0 Å². The minimum Gasteiger partial charge on any atom is -0.338 e. The van der Waals surface area contributed by atoms with Gasteiger partial charge in [-0.1, -0.05) is 224 Å². The molecule has 1 atom stereocenters. The lowest BCUT2D eigenvalue weighted by atomic mass is 9.70. The van der Waals surface area contributed by atoms with Gasteiger partial charge in [0.25, 0.3) is 0 Å². The summed E-state index contributed by atoms with van der Waals surface area (Å²) in [6.07, 6.45) is 5.53. The first-order valence-electron chi connectivity index (χ1n) is 26.5. The van der Waals surface area contributed by atoms with Crippen molar-refractivity contribution in [2.24, 2.45) is 0 Å². The average molecular weight is 959 g/mol. The SMILES string of the molecule is C1=C(c2ccc(-c3ccccc3)cc2)CCC(N(c2ccccc2)c2ccc3c(c2)C2(c4ccccc4-c4ccccc42)c2cc(N(c4ccc(-c5ccccc5)cc4)c4ccc(-c5ccccc5)cc4)ccc2-3)C1. The van der Waals surface area contributed by atoms with Crippen LogP contribution in [0.25, 0.3) is 61.2 Å². The van der Waals surface area contributed by atoms with Crippen LogP contribution < -0.4 is 9.80 Å². The largest absolute Gasteiger partial charge is 0.338 e. The van der Waals surface area contributed by atoms with Crippen LogP contribution in [0.5, 0.6) is 0 Å². The van der Waals surface area contributed by atoms with Gasteiger partial charge in [0.2, 0.25) is 0 Å². The first-order chi connectivity index (χ1) is 37.2. The summed E-state index contributed by atoms with van der Waals surface area (Å²) < 4.78 is 0. The normalized spacial score (nSPS) is 14.6. The first-order valence-corrected chi connectivity index (χ1v) is 26.5. The second kappa shape index (κ2) is 18.7. The van der Waals surface area contributed by atoms with Gasteiger partial charge in [-0.05, 0) is 169 Å². The number of fused-ring (bicyclic) bond motifs is 10. The molecule has 3 aliphatic carbocycles. The molecule has 0 aliphatic heterocycles. The third-order valence-corrected chi connectivity index (χ3v) is 16.2. The van der Waals surface area contributed by atoms with Gasteiger partial charge in [-0.25, -0.2) is 0 Å². The number of para-hydroxylation sites is 1. The second-order valence-electron chi connectivity index (χ2n) is 20.3. The van der Waals surface area contributed by atoms with Crippen LogP contribution in [-0.2, 0) is 5.41 Å². The number of hydrogen-bond donors (Lipinski definition) is 0. The Bertz CT molecular complexity index is 3750. The zero-order valence-corrected chi connectivity index (χ0v) is 41.7. The van der Waals surface area contributed by atoms with Gasteiger partial charge in [-0.3, -0.25) is 0 Å². The lowest BCUT2D eigenvalue weighted by Crippen LogP contribution is -2.33. The van der Waals surface area contributed by atoms with Gasteiger partial charge in [0.05, 0.1) is 5.41 Å². The summed E-state index contributed by atoms with van der Waals surface area (Å²) in [5, 5.41) is 0. The molecule has 11 aromatic carbocycles. The van der Waals surface area contributed by atoms with Gasteiger partial charge in [-0.2, -0.15) is 0 Å². The molecule has 0 radical (unpaired) electrons. The average Bonchev–Trinajstić information content (AvgIpc) is 4.10. The number of rotatable bonds is 10. The number of hydrogen-bond acceptors (Lipinski definition) is 2. The Morgan fingerprint density at radius 1 is 0.293 bits per heavy atom. The van der Waals surface area contributed by atoms with E-state index in [1.165, 1.54) is 100 Å². The van der Waals surface area contributed by atoms with E-state index in [1.807, 2.05) is 0 Å². The van der Waals surface area contributed by atoms with E-state index in [2.05, 4.69) is 295 Å². The molecule has 0 fully saturated rings. The van der Waals surface area contributed by atoms with E-state index in [0.717, 1.165) is 36.3 Å². The Balaban J connectivity index is 0.902. The summed E-state index contributed by atoms with van der Waals surface area (Å²) in [5.74, 6) is 0. The van der Waals surface area contributed by atoms with Crippen molar-refractivity contribution in [2.75, 3.05) is 9.80 Å². The molecule has 75 heavy (non-hydrogen) atoms. The summed E-state index contributed by atoms with van der Waals surface area (Å²) in [7, 11) is 0. The minimum absolute atomic E-state index is 0.280. The fourth-order valence-corrected chi connectivity index (χ4v) is 12.7. The van der Waals surface area contributed by atoms with Crippen molar-refractivity contribution in [2.45, 2.75) is 30.7 Å². The van der Waals surface area contributed by atoms with Crippen molar-refractivity contribution in [3.63, 3.8) is 0 Å². The molecule has 1 spiro atoms. The van der Waals surface area contributed by atoms with Crippen molar-refractivity contribution >= 4 is 34.0 Å². The van der Waals surface area contributed by atoms with E-state index in [0.29, 0.717) is 0 Å². The molecule has 2 heteroatoms. The molecule has 0 amide bonds. The Kier molecular flexibility index (Phi) is 11.1. The lowest BCUT2D eigenvalue weighted by molar-refractivity contribution is 0.597. The molecule has 0 saturated heterocycles. The third-order valence-electron chi connectivity index (χ3n) is 16.2. The molecule has 1 unspecified atom stereocenters. The van der Waals surface area contributed by atoms with Gasteiger partial charge >= 0.3 is 0 Å². The molecule has 0 aromatic heterocycles. The van der Waals surface area contributed by atoms with Gasteiger partial charge in [-0.15, -0.1) is 0 Å². The maximum Gasteiger partial charge on any atom is 0.0727 e. The first kappa shape index (κ1) is 44.5. The zero-order valence-electron chi connectivity index (χ0n) is 41.7. The molecule has 0 bridgehead atoms. The molecule has 0 saturated carbocycles. The molecular formula is C73H54N2. The van der Waals surface area contributed by atoms with Gasteiger partial charge in [0.15, 0.2) is 0 Å². The summed E-state index contributed by atoms with van der Waals surface area (Å²) in [6, 6.07) is 104. The highest BCUT2D eigenvalue weighted by Crippen LogP contribution is 2.64. The van der Waals surface area contributed by atoms with E-state index in [9.17, 15) is 0 Å². The van der Waals surface area contributed by atoms with Crippen molar-refractivity contribution < 1.29 is 0 Å². The van der Waals surface area contributed by atoms with Crippen LogP contribution in [-0.4, -0.2) is 6.04 Å². The zero-order chi connectivity index (χ0) is 49.7. The van der Waals surface area contributed by atoms with Crippen LogP contribution in [0.2, 0.25) is 0 Å². The predicted octanol–water partition coefficient (Wildman–Crippen LogP) is 19.3. The molecule has 14 rings (SSSR count). The number of anilines is 5. The highest BCUT2D eigenvalue weighted by Gasteiger charge is 2.52. The molecule has 0 heterocycles. The van der Waals surface area contributed by atoms with Gasteiger partial charge in [0.1, 0.15) is 0 Å². The Morgan fingerprint density at radius 2 is 0.667 bits per heavy atom. The van der Waals surface area contributed by atoms with Crippen molar-refractivity contribution in [3.05, 3.63) is 313 Å². The highest BCUT2D eigenvalue weighted by molar-refractivity contribution is 5.97. The van der Waals surface area contributed by atoms with Crippen LogP contribution in [0.1, 0.15) is 47.1 Å². The summed E-state index contributed by atoms with van der Waals surface area (Å²) >= 11 is 0. The quantitative estimate of drug-likeness (QED) is 0.135. The summed E-state index contributed by atoms with van der Waals surface area (Å²) in [6.45, 7) is 0. The molecule has 11 aromatic rings. The maximum absolute atomic E-state index is 2.64. The highest BCUT2D eigenvalue weighted by atomic mass is 15.2. The number of allylic oxidation sites excluding steroid dienone is 1. The maximum atomic E-state index is 2.64. The summed E-state index contributed by atoms with van der Waals surface area (Å²) in [4.78, 5) is 5.08. The number of benzene rings is 11. The predicted molar refractivity (Wildman–Crippen MR) is 314 cm³/mol. The van der Waals surface area contributed by atoms with Crippen molar-refractivity contribution in [3.8, 4) is 55.6 Å². The molecule has 0 N–H and O–H groups in total. The fourth-order valence-electron chi connectivity index (χ4n) is 12.7. The number of nitrogens with zero attached hydrogens (tertiary/aromatic N) is 2. The standard InChI is InChI=1S/C73H54N2/c1-5-17-51(18-6-1)54-29-31-55(32-30-54)58-37-43-60(44-38-58)74(59-23-11-4-12-24-59)63-45-47-67-68-48-46-64(50-72(68)73(71(67)49-63)69-27-15-13-25-65(69)66-26-14-16-28-70(66)73)75(61-39-33-56(34-40-61)52-19-7-2-8-20-52)62-41-35-57(36-42-62)53-21-9-3-10-22-53/h1-37,39-42,45-50,60H,38,43-44H2. The lowest BCUT2D eigenvalue weighted by Gasteiger charge is -2.37. The Morgan fingerprint density at radius 3 is 1.15 bits per heavy atom. The topological polar surface area (TPSA) is 6.48 Å². The Hall–Kier alpha value is -9.24. The monoisotopic (exact) mass is 958 g/mol. The van der Waals surface area contributed by atoms with E-state index < -0.39 is 5.41 Å². The van der Waals surface area contributed by atoms with E-state index in [1.54, 1.807) is 0 Å². The van der Waals surface area contributed by atoms with Crippen LogP contribution in [0.15, 0.2) is 285 Å². The molecule has 3 aliphatic rings. The van der Waals surface area contributed by atoms with Crippen LogP contribution in [0.3, 0.4) is 0 Å². The van der Waals surface area contributed by atoms with Gasteiger partial charge in [0, 0.05) is 34.5 Å². The van der Waals surface area contributed by atoms with E-state index in [-0.39, 0.29) is 6.04 Å². The smallest absolute Gasteiger partial charge is 0.0727 e. The molecular weight excluding hydrogens is 905 g/mol. The fraction of sp³-hybridized carbons (Fsp3) is 0.0685. The van der Waals surface area contributed by atoms with Crippen LogP contribution >= 0.6 is 0 Å². The van der Waals surface area contributed by atoms with Gasteiger partial charge < -0.3 is 9.80 Å². The summed E-state index contributed by atoms with van der Waals surface area (Å²) in [5.41, 5.74) is 25.8. The second-order valence-corrected chi connectivity index (χ2v) is 20.3. The Labute approximate surface area is 440 Å².